The number of carbonyl (C=O) groups is 1. The summed E-state index contributed by atoms with van der Waals surface area (Å²) in [7, 11) is -3.97. The van der Waals surface area contributed by atoms with Gasteiger partial charge < -0.3 is 13.8 Å². The topological polar surface area (TPSA) is 73.9 Å². The first-order valence-electron chi connectivity index (χ1n) is 9.32. The zero-order chi connectivity index (χ0) is 22.3. The molecule has 3 rings (SSSR count). The van der Waals surface area contributed by atoms with Crippen LogP contribution in [-0.2, 0) is 20.7 Å². The minimum Gasteiger partial charge on any atom is -0.460 e. The maximum absolute atomic E-state index is 13.6. The first-order chi connectivity index (χ1) is 14.8. The third kappa shape index (κ3) is 7.48. The van der Waals surface area contributed by atoms with Crippen LogP contribution in [0.25, 0.3) is 0 Å². The number of hydrogen-bond donors (Lipinski definition) is 1. The van der Waals surface area contributed by atoms with Crippen LogP contribution in [0.1, 0.15) is 12.5 Å². The molecule has 0 aliphatic rings. The molecular weight excluding hydrogens is 643 g/mol. The van der Waals surface area contributed by atoms with Gasteiger partial charge in [-0.05, 0) is 88.0 Å². The number of para-hydroxylation sites is 1. The summed E-state index contributed by atoms with van der Waals surface area (Å²) in [5.41, 5.74) is 0.858. The van der Waals surface area contributed by atoms with Gasteiger partial charge >= 0.3 is 13.7 Å². The molecule has 3 aromatic carbocycles. The lowest BCUT2D eigenvalue weighted by Crippen LogP contribution is -2.35. The SMILES string of the molecule is C[C@H](NP(=O)(Oc1ccccc1)Oc1ccc(I)cc1I)C(=O)OCc1ccccc1. The van der Waals surface area contributed by atoms with Gasteiger partial charge in [-0.1, -0.05) is 48.5 Å². The van der Waals surface area contributed by atoms with E-state index in [1.165, 1.54) is 0 Å². The number of rotatable bonds is 9. The Bertz CT molecular complexity index is 1070. The summed E-state index contributed by atoms with van der Waals surface area (Å²) >= 11 is 4.28. The molecule has 0 aliphatic heterocycles. The van der Waals surface area contributed by atoms with Crippen LogP contribution in [0, 0.1) is 7.14 Å². The molecule has 0 heterocycles. The maximum Gasteiger partial charge on any atom is 0.513 e. The zero-order valence-electron chi connectivity index (χ0n) is 16.5. The number of nitrogens with one attached hydrogen (secondary N) is 1. The van der Waals surface area contributed by atoms with Gasteiger partial charge in [-0.25, -0.2) is 4.57 Å². The van der Waals surface area contributed by atoms with Gasteiger partial charge in [0.1, 0.15) is 24.1 Å². The number of halogens is 2. The molecule has 3 aromatic rings. The predicted molar refractivity (Wildman–Crippen MR) is 136 cm³/mol. The molecule has 162 valence electrons. The van der Waals surface area contributed by atoms with Crippen molar-refractivity contribution >= 4 is 58.9 Å². The molecule has 31 heavy (non-hydrogen) atoms. The van der Waals surface area contributed by atoms with Crippen molar-refractivity contribution in [2.24, 2.45) is 0 Å². The van der Waals surface area contributed by atoms with E-state index in [0.29, 0.717) is 11.5 Å². The molecule has 0 saturated heterocycles. The fraction of sp³-hybridized carbons (Fsp3) is 0.136. The van der Waals surface area contributed by atoms with E-state index in [4.69, 9.17) is 13.8 Å². The summed E-state index contributed by atoms with van der Waals surface area (Å²) in [6.07, 6.45) is 0. The third-order valence-corrected chi connectivity index (χ3v) is 7.12. The molecule has 1 N–H and O–H groups in total. The van der Waals surface area contributed by atoms with Crippen LogP contribution < -0.4 is 14.1 Å². The van der Waals surface area contributed by atoms with Crippen LogP contribution in [-0.4, -0.2) is 12.0 Å². The fourth-order valence-corrected chi connectivity index (χ4v) is 5.94. The quantitative estimate of drug-likeness (QED) is 0.168. The average molecular weight is 663 g/mol. The minimum atomic E-state index is -3.97. The Labute approximate surface area is 208 Å². The maximum atomic E-state index is 13.6. The fourth-order valence-electron chi connectivity index (χ4n) is 2.51. The first-order valence-corrected chi connectivity index (χ1v) is 13.0. The van der Waals surface area contributed by atoms with Crippen molar-refractivity contribution in [3.8, 4) is 11.5 Å². The molecule has 2 atom stereocenters. The third-order valence-electron chi connectivity index (χ3n) is 4.01. The summed E-state index contributed by atoms with van der Waals surface area (Å²) in [4.78, 5) is 12.5. The van der Waals surface area contributed by atoms with Crippen molar-refractivity contribution < 1.29 is 23.1 Å². The molecule has 0 bridgehead atoms. The van der Waals surface area contributed by atoms with Crippen LogP contribution in [0.15, 0.2) is 78.9 Å². The molecule has 0 saturated carbocycles. The van der Waals surface area contributed by atoms with Crippen molar-refractivity contribution in [2.75, 3.05) is 0 Å². The summed E-state index contributed by atoms with van der Waals surface area (Å²) in [6.45, 7) is 1.67. The highest BCUT2D eigenvalue weighted by Gasteiger charge is 2.34. The predicted octanol–water partition coefficient (Wildman–Crippen LogP) is 6.18. The summed E-state index contributed by atoms with van der Waals surface area (Å²) in [5.74, 6) is 0.169. The van der Waals surface area contributed by atoms with Crippen molar-refractivity contribution in [1.82, 2.24) is 5.09 Å². The molecule has 1 unspecified atom stereocenters. The van der Waals surface area contributed by atoms with Crippen molar-refractivity contribution in [3.63, 3.8) is 0 Å². The van der Waals surface area contributed by atoms with Crippen LogP contribution in [0.3, 0.4) is 0 Å². The highest BCUT2D eigenvalue weighted by molar-refractivity contribution is 14.1. The minimum absolute atomic E-state index is 0.116. The second kappa shape index (κ2) is 11.3. The van der Waals surface area contributed by atoms with E-state index >= 15 is 0 Å². The second-order valence-electron chi connectivity index (χ2n) is 6.51. The Kier molecular flexibility index (Phi) is 8.76. The number of hydrogen-bond acceptors (Lipinski definition) is 5. The molecule has 0 radical (unpaired) electrons. The summed E-state index contributed by atoms with van der Waals surface area (Å²) < 4.78 is 32.2. The van der Waals surface area contributed by atoms with Crippen molar-refractivity contribution in [1.29, 1.82) is 0 Å². The van der Waals surface area contributed by atoms with Gasteiger partial charge in [-0.3, -0.25) is 4.79 Å². The molecule has 0 amide bonds. The molecule has 6 nitrogen and oxygen atoms in total. The molecule has 0 aliphatic carbocycles. The van der Waals surface area contributed by atoms with Crippen molar-refractivity contribution in [2.45, 2.75) is 19.6 Å². The van der Waals surface area contributed by atoms with E-state index in [9.17, 15) is 9.36 Å². The van der Waals surface area contributed by atoms with Crippen LogP contribution >= 0.6 is 52.9 Å². The molecular formula is C22H20I2NO5P. The lowest BCUT2D eigenvalue weighted by Gasteiger charge is -2.23. The second-order valence-corrected chi connectivity index (χ2v) is 10.5. The number of ether oxygens (including phenoxy) is 1. The Balaban J connectivity index is 1.75. The average Bonchev–Trinajstić information content (AvgIpc) is 2.75. The van der Waals surface area contributed by atoms with E-state index in [1.54, 1.807) is 37.3 Å². The Hall–Kier alpha value is -1.62. The zero-order valence-corrected chi connectivity index (χ0v) is 21.7. The highest BCUT2D eigenvalue weighted by atomic mass is 127. The lowest BCUT2D eigenvalue weighted by molar-refractivity contribution is -0.146. The summed E-state index contributed by atoms with van der Waals surface area (Å²) in [6, 6.07) is 22.5. The molecule has 9 heteroatoms. The van der Waals surface area contributed by atoms with E-state index in [0.717, 1.165) is 12.7 Å². The highest BCUT2D eigenvalue weighted by Crippen LogP contribution is 2.46. The molecule has 0 aromatic heterocycles. The van der Waals surface area contributed by atoms with Gasteiger partial charge in [0, 0.05) is 3.57 Å². The van der Waals surface area contributed by atoms with Crippen molar-refractivity contribution in [3.05, 3.63) is 91.6 Å². The standard InChI is InChI=1S/C22H20I2NO5P/c1-16(22(26)28-15-17-8-4-2-5-9-17)25-31(27,29-19-10-6-3-7-11-19)30-21-13-12-18(23)14-20(21)24/h2-14,16H,15H2,1H3,(H,25,27)/t16-,31?/m0/s1. The number of esters is 1. The monoisotopic (exact) mass is 663 g/mol. The smallest absolute Gasteiger partial charge is 0.460 e. The first kappa shape index (κ1) is 24.0. The molecule has 0 spiro atoms. The number of carbonyl (C=O) groups excluding carboxylic acids is 1. The normalized spacial score (nSPS) is 13.6. The van der Waals surface area contributed by atoms with E-state index in [1.807, 2.05) is 48.5 Å². The van der Waals surface area contributed by atoms with Gasteiger partial charge in [-0.2, -0.15) is 5.09 Å². The van der Waals surface area contributed by atoms with E-state index < -0.39 is 19.8 Å². The van der Waals surface area contributed by atoms with Crippen LogP contribution in [0.5, 0.6) is 11.5 Å². The van der Waals surface area contributed by atoms with Gasteiger partial charge in [0.25, 0.3) is 0 Å². The Morgan fingerprint density at radius 2 is 1.61 bits per heavy atom. The summed E-state index contributed by atoms with van der Waals surface area (Å²) in [5, 5.41) is 2.70. The number of benzene rings is 3. The Morgan fingerprint density at radius 3 is 2.26 bits per heavy atom. The lowest BCUT2D eigenvalue weighted by atomic mass is 10.2. The molecule has 0 fully saturated rings. The largest absolute Gasteiger partial charge is 0.513 e. The van der Waals surface area contributed by atoms with Gasteiger partial charge in [0.2, 0.25) is 0 Å². The van der Waals surface area contributed by atoms with Gasteiger partial charge in [-0.15, -0.1) is 0 Å². The van der Waals surface area contributed by atoms with Crippen LogP contribution in [0.2, 0.25) is 0 Å². The van der Waals surface area contributed by atoms with Gasteiger partial charge in [0.15, 0.2) is 0 Å². The van der Waals surface area contributed by atoms with Crippen LogP contribution in [0.4, 0.5) is 0 Å². The van der Waals surface area contributed by atoms with Gasteiger partial charge in [0.05, 0.1) is 3.57 Å². The van der Waals surface area contributed by atoms with E-state index in [2.05, 4.69) is 50.3 Å². The Morgan fingerprint density at radius 1 is 0.968 bits per heavy atom. The van der Waals surface area contributed by atoms with E-state index in [-0.39, 0.29) is 6.61 Å².